The van der Waals surface area contributed by atoms with Crippen LogP contribution in [0.2, 0.25) is 0 Å². The lowest BCUT2D eigenvalue weighted by Gasteiger charge is -2.24. The molecule has 2 amide bonds. The second kappa shape index (κ2) is 10.3. The minimum Gasteiger partial charge on any atom is -0.492 e. The Morgan fingerprint density at radius 3 is 2.30 bits per heavy atom. The van der Waals surface area contributed by atoms with E-state index in [1.807, 2.05) is 60.7 Å². The molecule has 3 aromatic carbocycles. The Morgan fingerprint density at radius 2 is 1.58 bits per heavy atom. The third-order valence-electron chi connectivity index (χ3n) is 5.88. The van der Waals surface area contributed by atoms with E-state index >= 15 is 0 Å². The lowest BCUT2D eigenvalue weighted by atomic mass is 10.1. The van der Waals surface area contributed by atoms with E-state index in [2.05, 4.69) is 24.1 Å². The first-order valence-corrected chi connectivity index (χ1v) is 11.4. The van der Waals surface area contributed by atoms with Crippen molar-refractivity contribution in [3.63, 3.8) is 0 Å². The molecular formula is C27H29N3O3. The van der Waals surface area contributed by atoms with Crippen molar-refractivity contribution in [1.29, 1.82) is 0 Å². The van der Waals surface area contributed by atoms with Crippen LogP contribution in [-0.4, -0.2) is 43.0 Å². The van der Waals surface area contributed by atoms with Gasteiger partial charge in [-0.3, -0.25) is 14.5 Å². The molecule has 0 unspecified atom stereocenters. The highest BCUT2D eigenvalue weighted by Crippen LogP contribution is 2.38. The van der Waals surface area contributed by atoms with E-state index in [0.717, 1.165) is 30.9 Å². The molecule has 0 aromatic heterocycles. The molecule has 6 heteroatoms. The summed E-state index contributed by atoms with van der Waals surface area (Å²) in [5, 5.41) is 2.92. The summed E-state index contributed by atoms with van der Waals surface area (Å²) in [7, 11) is 0. The molecular weight excluding hydrogens is 414 g/mol. The normalized spacial score (nSPS) is 12.6. The summed E-state index contributed by atoms with van der Waals surface area (Å²) in [4.78, 5) is 30.2. The second-order valence-electron chi connectivity index (χ2n) is 7.91. The van der Waals surface area contributed by atoms with Crippen molar-refractivity contribution in [2.45, 2.75) is 20.3 Å². The quantitative estimate of drug-likeness (QED) is 0.539. The van der Waals surface area contributed by atoms with Gasteiger partial charge in [-0.25, -0.2) is 0 Å². The van der Waals surface area contributed by atoms with E-state index in [0.29, 0.717) is 29.2 Å². The number of likely N-dealkylation sites (N-methyl/N-ethyl adjacent to an activating group) is 1. The number of carbonyl (C=O) groups excluding carboxylic acids is 2. The molecule has 3 aromatic rings. The summed E-state index contributed by atoms with van der Waals surface area (Å²) in [6, 6.07) is 22.2. The minimum absolute atomic E-state index is 0.110. The zero-order valence-corrected chi connectivity index (χ0v) is 19.1. The predicted molar refractivity (Wildman–Crippen MR) is 131 cm³/mol. The first-order valence-electron chi connectivity index (χ1n) is 11.4. The number of hydrogen-bond acceptors (Lipinski definition) is 4. The van der Waals surface area contributed by atoms with E-state index in [1.165, 1.54) is 0 Å². The molecule has 0 saturated carbocycles. The molecule has 0 saturated heterocycles. The highest BCUT2D eigenvalue weighted by atomic mass is 16.5. The number of nitrogens with one attached hydrogen (secondary N) is 1. The van der Waals surface area contributed by atoms with Gasteiger partial charge in [-0.05, 0) is 55.1 Å². The Kier molecular flexibility index (Phi) is 7.05. The number of para-hydroxylation sites is 3. The number of nitrogens with zero attached hydrogens (tertiary/aromatic N) is 2. The molecule has 0 bridgehead atoms. The highest BCUT2D eigenvalue weighted by Gasteiger charge is 2.28. The van der Waals surface area contributed by atoms with Crippen LogP contribution in [0.4, 0.5) is 17.1 Å². The number of fused-ring (bicyclic) bond motifs is 2. The molecule has 1 heterocycles. The smallest absolute Gasteiger partial charge is 0.257 e. The van der Waals surface area contributed by atoms with Crippen LogP contribution in [0.15, 0.2) is 72.8 Å². The maximum Gasteiger partial charge on any atom is 0.257 e. The van der Waals surface area contributed by atoms with Crippen molar-refractivity contribution in [1.82, 2.24) is 4.90 Å². The van der Waals surface area contributed by atoms with Crippen LogP contribution in [0.3, 0.4) is 0 Å². The van der Waals surface area contributed by atoms with Crippen LogP contribution in [0.5, 0.6) is 5.75 Å². The average molecular weight is 444 g/mol. The summed E-state index contributed by atoms with van der Waals surface area (Å²) >= 11 is 0. The first-order chi connectivity index (χ1) is 16.1. The predicted octanol–water partition coefficient (Wildman–Crippen LogP) is 4.88. The Bertz CT molecular complexity index is 1120. The summed E-state index contributed by atoms with van der Waals surface area (Å²) in [5.41, 5.74) is 3.22. The fourth-order valence-electron chi connectivity index (χ4n) is 4.01. The van der Waals surface area contributed by atoms with Gasteiger partial charge in [-0.1, -0.05) is 50.2 Å². The van der Waals surface area contributed by atoms with Crippen LogP contribution >= 0.6 is 0 Å². The number of benzene rings is 3. The van der Waals surface area contributed by atoms with Gasteiger partial charge in [0.25, 0.3) is 5.91 Å². The van der Waals surface area contributed by atoms with E-state index in [9.17, 15) is 9.59 Å². The van der Waals surface area contributed by atoms with Crippen molar-refractivity contribution in [3.8, 4) is 5.75 Å². The van der Waals surface area contributed by atoms with E-state index in [1.54, 1.807) is 17.0 Å². The van der Waals surface area contributed by atoms with E-state index < -0.39 is 0 Å². The van der Waals surface area contributed by atoms with Crippen molar-refractivity contribution in [2.24, 2.45) is 0 Å². The zero-order valence-electron chi connectivity index (χ0n) is 19.1. The molecule has 4 rings (SSSR count). The number of rotatable bonds is 8. The third kappa shape index (κ3) is 5.07. The van der Waals surface area contributed by atoms with Gasteiger partial charge in [0, 0.05) is 6.54 Å². The number of carbonyl (C=O) groups is 2. The van der Waals surface area contributed by atoms with E-state index in [4.69, 9.17) is 4.74 Å². The molecule has 0 atom stereocenters. The maximum absolute atomic E-state index is 13.5. The lowest BCUT2D eigenvalue weighted by Crippen LogP contribution is -2.28. The molecule has 1 aliphatic heterocycles. The highest BCUT2D eigenvalue weighted by molar-refractivity contribution is 6.17. The second-order valence-corrected chi connectivity index (χ2v) is 7.91. The molecule has 0 radical (unpaired) electrons. The van der Waals surface area contributed by atoms with Gasteiger partial charge in [0.1, 0.15) is 12.4 Å². The molecule has 33 heavy (non-hydrogen) atoms. The molecule has 6 nitrogen and oxygen atoms in total. The van der Waals surface area contributed by atoms with Gasteiger partial charge < -0.3 is 15.0 Å². The molecule has 1 aliphatic rings. The summed E-state index contributed by atoms with van der Waals surface area (Å²) < 4.78 is 5.85. The largest absolute Gasteiger partial charge is 0.492 e. The molecule has 0 fully saturated rings. The molecule has 0 spiro atoms. The van der Waals surface area contributed by atoms with Crippen molar-refractivity contribution < 1.29 is 14.3 Å². The fraction of sp³-hybridized carbons (Fsp3) is 0.259. The van der Waals surface area contributed by atoms with Gasteiger partial charge in [-0.15, -0.1) is 0 Å². The average Bonchev–Trinajstić information content (AvgIpc) is 2.97. The van der Waals surface area contributed by atoms with Gasteiger partial charge in [0.2, 0.25) is 5.91 Å². The SMILES string of the molecule is CCN(CC)CCOc1ccc(CC(=O)N2c3ccccc3NC(=O)c3ccccc32)cc1. The minimum atomic E-state index is -0.223. The topological polar surface area (TPSA) is 61.9 Å². The van der Waals surface area contributed by atoms with Crippen LogP contribution in [-0.2, 0) is 11.2 Å². The molecule has 170 valence electrons. The fourth-order valence-corrected chi connectivity index (χ4v) is 4.01. The summed E-state index contributed by atoms with van der Waals surface area (Å²) in [6.07, 6.45) is 0.205. The van der Waals surface area contributed by atoms with Crippen LogP contribution in [0.1, 0.15) is 29.8 Å². The monoisotopic (exact) mass is 443 g/mol. The zero-order chi connectivity index (χ0) is 23.2. The van der Waals surface area contributed by atoms with Crippen molar-refractivity contribution in [3.05, 3.63) is 83.9 Å². The van der Waals surface area contributed by atoms with E-state index in [-0.39, 0.29) is 18.2 Å². The van der Waals surface area contributed by atoms with Gasteiger partial charge in [0.15, 0.2) is 0 Å². The van der Waals surface area contributed by atoms with Crippen LogP contribution in [0.25, 0.3) is 0 Å². The number of hydrogen-bond donors (Lipinski definition) is 1. The van der Waals surface area contributed by atoms with Crippen molar-refractivity contribution >= 4 is 28.9 Å². The third-order valence-corrected chi connectivity index (χ3v) is 5.88. The maximum atomic E-state index is 13.5. The summed E-state index contributed by atoms with van der Waals surface area (Å²) in [6.45, 7) is 7.80. The number of ether oxygens (including phenoxy) is 1. The Balaban J connectivity index is 1.52. The molecule has 0 aliphatic carbocycles. The Labute approximate surface area is 194 Å². The van der Waals surface area contributed by atoms with Gasteiger partial charge >= 0.3 is 0 Å². The number of anilines is 3. The van der Waals surface area contributed by atoms with Crippen molar-refractivity contribution in [2.75, 3.05) is 36.5 Å². The lowest BCUT2D eigenvalue weighted by molar-refractivity contribution is -0.117. The standard InChI is InChI=1S/C27H29N3O3/c1-3-29(4-2)17-18-33-21-15-13-20(14-16-21)19-26(31)30-24-11-7-5-9-22(24)27(32)28-23-10-6-8-12-25(23)30/h5-16H,3-4,17-19H2,1-2H3,(H,28,32). The van der Waals surface area contributed by atoms with Gasteiger partial charge in [0.05, 0.1) is 29.0 Å². The molecule has 1 N–H and O–H groups in total. The first kappa shape index (κ1) is 22.6. The van der Waals surface area contributed by atoms with Gasteiger partial charge in [-0.2, -0.15) is 0 Å². The number of amides is 2. The summed E-state index contributed by atoms with van der Waals surface area (Å²) in [5.74, 6) is 0.458. The van der Waals surface area contributed by atoms with Crippen LogP contribution in [0, 0.1) is 0 Å². The Morgan fingerprint density at radius 1 is 0.909 bits per heavy atom. The van der Waals surface area contributed by atoms with Crippen LogP contribution < -0.4 is 15.0 Å². The Hall–Kier alpha value is -3.64.